The zero-order valence-corrected chi connectivity index (χ0v) is 13.5. The molecule has 1 aromatic rings. The van der Waals surface area contributed by atoms with E-state index in [2.05, 4.69) is 31.3 Å². The van der Waals surface area contributed by atoms with Crippen molar-refractivity contribution in [2.45, 2.75) is 56.9 Å². The molecule has 0 aromatic heterocycles. The van der Waals surface area contributed by atoms with Crippen molar-refractivity contribution in [3.8, 4) is 0 Å². The van der Waals surface area contributed by atoms with Crippen molar-refractivity contribution < 1.29 is 4.21 Å². The highest BCUT2D eigenvalue weighted by Gasteiger charge is 2.26. The summed E-state index contributed by atoms with van der Waals surface area (Å²) in [7, 11) is -0.886. The van der Waals surface area contributed by atoms with Gasteiger partial charge in [-0.05, 0) is 56.3 Å². The van der Waals surface area contributed by atoms with Gasteiger partial charge in [0.15, 0.2) is 0 Å². The van der Waals surface area contributed by atoms with Gasteiger partial charge in [-0.25, -0.2) is 0 Å². The molecule has 1 fully saturated rings. The highest BCUT2D eigenvalue weighted by molar-refractivity contribution is 7.85. The Kier molecular flexibility index (Phi) is 6.24. The molecule has 1 aliphatic rings. The van der Waals surface area contributed by atoms with Crippen LogP contribution in [0.5, 0.6) is 0 Å². The molecule has 0 radical (unpaired) electrons. The predicted octanol–water partition coefficient (Wildman–Crippen LogP) is 3.66. The molecule has 1 aromatic carbocycles. The number of hydrogen-bond donors (Lipinski definition) is 1. The van der Waals surface area contributed by atoms with Crippen LogP contribution in [-0.2, 0) is 10.8 Å². The summed E-state index contributed by atoms with van der Waals surface area (Å²) < 4.78 is 12.6. The second-order valence-corrected chi connectivity index (χ2v) is 7.43. The quantitative estimate of drug-likeness (QED) is 0.831. The molecule has 2 atom stereocenters. The van der Waals surface area contributed by atoms with E-state index in [1.807, 2.05) is 12.1 Å². The van der Waals surface area contributed by atoms with Crippen LogP contribution in [0.15, 0.2) is 29.2 Å². The van der Waals surface area contributed by atoms with E-state index in [4.69, 9.17) is 0 Å². The Morgan fingerprint density at radius 3 is 2.75 bits per heavy atom. The molecule has 0 heterocycles. The molecular formula is C17H27NOS. The summed E-state index contributed by atoms with van der Waals surface area (Å²) in [6.07, 6.45) is 6.41. The summed E-state index contributed by atoms with van der Waals surface area (Å²) in [4.78, 5) is 0.978. The highest BCUT2D eigenvalue weighted by atomic mass is 32.2. The minimum atomic E-state index is -0.886. The summed E-state index contributed by atoms with van der Waals surface area (Å²) in [5.41, 5.74) is 1.19. The molecule has 0 saturated heterocycles. The number of hydrogen-bond acceptors (Lipinski definition) is 2. The van der Waals surface area contributed by atoms with Crippen LogP contribution < -0.4 is 5.32 Å². The van der Waals surface area contributed by atoms with Crippen LogP contribution >= 0.6 is 0 Å². The standard InChI is InChI=1S/C17H27NOS/c1-3-11-18-17(15-8-4-5-9-15)13-20(19)16-10-6-7-14(2)12-16/h6-7,10,12,15,17-18H,3-5,8-9,11,13H2,1-2H3. The summed E-state index contributed by atoms with van der Waals surface area (Å²) in [5.74, 6) is 1.48. The molecule has 2 nitrogen and oxygen atoms in total. The monoisotopic (exact) mass is 293 g/mol. The molecular weight excluding hydrogens is 266 g/mol. The maximum Gasteiger partial charge on any atom is 0.0545 e. The van der Waals surface area contributed by atoms with Crippen molar-refractivity contribution >= 4 is 10.8 Å². The average Bonchev–Trinajstić information content (AvgIpc) is 2.97. The Bertz CT molecular complexity index is 440. The van der Waals surface area contributed by atoms with E-state index in [0.717, 1.165) is 29.5 Å². The molecule has 0 aliphatic heterocycles. The van der Waals surface area contributed by atoms with Crippen molar-refractivity contribution in [2.75, 3.05) is 12.3 Å². The van der Waals surface area contributed by atoms with E-state index in [0.29, 0.717) is 6.04 Å². The van der Waals surface area contributed by atoms with Crippen LogP contribution in [0.25, 0.3) is 0 Å². The van der Waals surface area contributed by atoms with Gasteiger partial charge in [0.2, 0.25) is 0 Å². The van der Waals surface area contributed by atoms with Gasteiger partial charge in [-0.1, -0.05) is 31.9 Å². The van der Waals surface area contributed by atoms with Crippen molar-refractivity contribution in [3.63, 3.8) is 0 Å². The van der Waals surface area contributed by atoms with Crippen LogP contribution in [0.1, 0.15) is 44.6 Å². The normalized spacial score (nSPS) is 19.1. The third-order valence-electron chi connectivity index (χ3n) is 4.21. The number of rotatable bonds is 7. The first-order chi connectivity index (χ1) is 9.70. The lowest BCUT2D eigenvalue weighted by atomic mass is 10.00. The Labute approximate surface area is 125 Å². The fourth-order valence-electron chi connectivity index (χ4n) is 3.07. The molecule has 1 N–H and O–H groups in total. The van der Waals surface area contributed by atoms with Crippen molar-refractivity contribution in [2.24, 2.45) is 5.92 Å². The lowest BCUT2D eigenvalue weighted by Gasteiger charge is -2.24. The van der Waals surface area contributed by atoms with Gasteiger partial charge in [0.1, 0.15) is 0 Å². The molecule has 0 amide bonds. The Balaban J connectivity index is 2.00. The van der Waals surface area contributed by atoms with E-state index in [1.165, 1.54) is 31.2 Å². The van der Waals surface area contributed by atoms with Crippen LogP contribution in [0, 0.1) is 12.8 Å². The average molecular weight is 293 g/mol. The first-order valence-electron chi connectivity index (χ1n) is 7.89. The zero-order chi connectivity index (χ0) is 14.4. The van der Waals surface area contributed by atoms with E-state index < -0.39 is 10.8 Å². The molecule has 0 bridgehead atoms. The molecule has 0 spiro atoms. The zero-order valence-electron chi connectivity index (χ0n) is 12.7. The smallest absolute Gasteiger partial charge is 0.0545 e. The van der Waals surface area contributed by atoms with E-state index in [-0.39, 0.29) is 0 Å². The van der Waals surface area contributed by atoms with Crippen LogP contribution in [0.3, 0.4) is 0 Å². The van der Waals surface area contributed by atoms with Crippen LogP contribution in [0.4, 0.5) is 0 Å². The van der Waals surface area contributed by atoms with Crippen molar-refractivity contribution in [3.05, 3.63) is 29.8 Å². The summed E-state index contributed by atoms with van der Waals surface area (Å²) in [6, 6.07) is 8.53. The molecule has 112 valence electrons. The van der Waals surface area contributed by atoms with E-state index in [1.54, 1.807) is 0 Å². The molecule has 2 rings (SSSR count). The third-order valence-corrected chi connectivity index (χ3v) is 5.65. The Morgan fingerprint density at radius 1 is 1.35 bits per heavy atom. The molecule has 3 heteroatoms. The maximum atomic E-state index is 12.6. The van der Waals surface area contributed by atoms with Gasteiger partial charge < -0.3 is 5.32 Å². The SMILES string of the molecule is CCCNC(CS(=O)c1cccc(C)c1)C1CCCC1. The van der Waals surface area contributed by atoms with E-state index in [9.17, 15) is 4.21 Å². The second-order valence-electron chi connectivity index (χ2n) is 5.93. The molecule has 1 aliphatic carbocycles. The summed E-state index contributed by atoms with van der Waals surface area (Å²) in [6.45, 7) is 5.28. The van der Waals surface area contributed by atoms with E-state index >= 15 is 0 Å². The van der Waals surface area contributed by atoms with Gasteiger partial charge in [0.05, 0.1) is 10.8 Å². The summed E-state index contributed by atoms with van der Waals surface area (Å²) >= 11 is 0. The number of aryl methyl sites for hydroxylation is 1. The third kappa shape index (κ3) is 4.42. The largest absolute Gasteiger partial charge is 0.313 e. The van der Waals surface area contributed by atoms with Gasteiger partial charge in [-0.2, -0.15) is 0 Å². The minimum absolute atomic E-state index is 0.416. The first kappa shape index (κ1) is 15.7. The predicted molar refractivity (Wildman–Crippen MR) is 86.5 cm³/mol. The van der Waals surface area contributed by atoms with Gasteiger partial charge in [-0.3, -0.25) is 4.21 Å². The fraction of sp³-hybridized carbons (Fsp3) is 0.647. The lowest BCUT2D eigenvalue weighted by Crippen LogP contribution is -2.40. The van der Waals surface area contributed by atoms with Crippen LogP contribution in [0.2, 0.25) is 0 Å². The van der Waals surface area contributed by atoms with Crippen molar-refractivity contribution in [1.29, 1.82) is 0 Å². The first-order valence-corrected chi connectivity index (χ1v) is 9.21. The van der Waals surface area contributed by atoms with Gasteiger partial charge >= 0.3 is 0 Å². The summed E-state index contributed by atoms with van der Waals surface area (Å²) in [5, 5.41) is 3.63. The molecule has 20 heavy (non-hydrogen) atoms. The molecule has 2 unspecified atom stereocenters. The van der Waals surface area contributed by atoms with Crippen molar-refractivity contribution in [1.82, 2.24) is 5.32 Å². The minimum Gasteiger partial charge on any atom is -0.313 e. The van der Waals surface area contributed by atoms with Gasteiger partial charge in [0.25, 0.3) is 0 Å². The lowest BCUT2D eigenvalue weighted by molar-refractivity contribution is 0.385. The number of benzene rings is 1. The highest BCUT2D eigenvalue weighted by Crippen LogP contribution is 2.28. The van der Waals surface area contributed by atoms with Gasteiger partial charge in [-0.15, -0.1) is 0 Å². The Morgan fingerprint density at radius 2 is 2.10 bits per heavy atom. The maximum absolute atomic E-state index is 12.6. The number of nitrogens with one attached hydrogen (secondary N) is 1. The fourth-order valence-corrected chi connectivity index (χ4v) is 4.52. The van der Waals surface area contributed by atoms with Crippen LogP contribution in [-0.4, -0.2) is 22.5 Å². The Hall–Kier alpha value is -0.670. The molecule has 1 saturated carbocycles. The topological polar surface area (TPSA) is 29.1 Å². The second kappa shape index (κ2) is 7.94. The van der Waals surface area contributed by atoms with Gasteiger partial charge in [0, 0.05) is 16.7 Å².